The van der Waals surface area contributed by atoms with E-state index in [1.54, 1.807) is 23.9 Å². The molecule has 3 nitrogen and oxygen atoms in total. The lowest BCUT2D eigenvalue weighted by Crippen LogP contribution is -2.11. The molecule has 6 heteroatoms. The van der Waals surface area contributed by atoms with Crippen LogP contribution in [0.5, 0.6) is 0 Å². The number of hydrogen-bond acceptors (Lipinski definition) is 4. The van der Waals surface area contributed by atoms with Gasteiger partial charge in [-0.1, -0.05) is 36.0 Å². The van der Waals surface area contributed by atoms with Crippen molar-refractivity contribution in [3.05, 3.63) is 83.7 Å². The smallest absolute Gasteiger partial charge is 0.256 e. The van der Waals surface area contributed by atoms with Gasteiger partial charge in [0.15, 0.2) is 0 Å². The van der Waals surface area contributed by atoms with Crippen LogP contribution in [0.1, 0.15) is 15.9 Å². The van der Waals surface area contributed by atoms with Crippen molar-refractivity contribution >= 4 is 35.3 Å². The summed E-state index contributed by atoms with van der Waals surface area (Å²) in [5, 5.41) is 2.99. The minimum absolute atomic E-state index is 0.0896. The normalized spacial score (nSPS) is 12.7. The zero-order chi connectivity index (χ0) is 17.9. The van der Waals surface area contributed by atoms with Gasteiger partial charge in [-0.25, -0.2) is 4.39 Å². The van der Waals surface area contributed by atoms with Crippen LogP contribution in [0.15, 0.2) is 81.4 Å². The number of fused-ring (bicyclic) bond motifs is 2. The Morgan fingerprint density at radius 1 is 1.00 bits per heavy atom. The maximum atomic E-state index is 12.9. The summed E-state index contributed by atoms with van der Waals surface area (Å²) in [4.78, 5) is 15.4. The zero-order valence-electron chi connectivity index (χ0n) is 13.7. The summed E-state index contributed by atoms with van der Waals surface area (Å²) < 4.78 is 16.2. The van der Waals surface area contributed by atoms with Gasteiger partial charge in [0, 0.05) is 21.2 Å². The summed E-state index contributed by atoms with van der Waals surface area (Å²) in [7, 11) is 0. The maximum Gasteiger partial charge on any atom is 0.256 e. The average Bonchev–Trinajstić information content (AvgIpc) is 2.79. The maximum absolute atomic E-state index is 12.9. The molecule has 0 saturated heterocycles. The molecule has 130 valence electrons. The molecule has 0 saturated carbocycles. The second-order valence-corrected chi connectivity index (χ2v) is 7.81. The van der Waals surface area contributed by atoms with Gasteiger partial charge in [0.05, 0.1) is 11.3 Å². The number of hydrogen-bond donors (Lipinski definition) is 2. The first-order valence-corrected chi connectivity index (χ1v) is 9.69. The molecule has 0 aliphatic carbocycles. The number of benzene rings is 3. The summed E-state index contributed by atoms with van der Waals surface area (Å²) in [5.41, 5.74) is 2.51. The third kappa shape index (κ3) is 3.77. The first kappa shape index (κ1) is 17.1. The molecule has 4 rings (SSSR count). The fourth-order valence-corrected chi connectivity index (χ4v) is 4.34. The van der Waals surface area contributed by atoms with Crippen LogP contribution in [0.25, 0.3) is 0 Å². The Labute approximate surface area is 159 Å². The molecule has 1 aliphatic heterocycles. The van der Waals surface area contributed by atoms with E-state index >= 15 is 0 Å². The Balaban J connectivity index is 1.47. The van der Waals surface area contributed by atoms with Crippen molar-refractivity contribution in [2.75, 3.05) is 5.32 Å². The molecule has 3 aromatic carbocycles. The lowest BCUT2D eigenvalue weighted by Gasteiger charge is -2.09. The molecule has 0 radical (unpaired) electrons. The van der Waals surface area contributed by atoms with Gasteiger partial charge in [-0.15, -0.1) is 0 Å². The fourth-order valence-electron chi connectivity index (χ4n) is 2.62. The third-order valence-corrected chi connectivity index (χ3v) is 5.86. The predicted molar refractivity (Wildman–Crippen MR) is 104 cm³/mol. The van der Waals surface area contributed by atoms with Crippen LogP contribution >= 0.6 is 23.7 Å². The van der Waals surface area contributed by atoms with Crippen molar-refractivity contribution in [3.8, 4) is 0 Å². The second kappa shape index (κ2) is 7.53. The van der Waals surface area contributed by atoms with E-state index < -0.39 is 0 Å². The van der Waals surface area contributed by atoms with Gasteiger partial charge < -0.3 is 5.32 Å². The van der Waals surface area contributed by atoms with Crippen molar-refractivity contribution in [3.63, 3.8) is 0 Å². The van der Waals surface area contributed by atoms with Crippen LogP contribution in [-0.2, 0) is 6.54 Å². The number of carbonyl (C=O) groups is 1. The highest BCUT2D eigenvalue weighted by atomic mass is 32.2. The van der Waals surface area contributed by atoms with E-state index in [0.29, 0.717) is 12.1 Å². The molecule has 1 aliphatic rings. The number of nitrogens with one attached hydrogen (secondary N) is 2. The van der Waals surface area contributed by atoms with Gasteiger partial charge in [0.1, 0.15) is 5.82 Å². The summed E-state index contributed by atoms with van der Waals surface area (Å²) >= 11 is 3.07. The molecule has 0 aromatic heterocycles. The van der Waals surface area contributed by atoms with Crippen LogP contribution in [-0.4, -0.2) is 5.91 Å². The van der Waals surface area contributed by atoms with Crippen molar-refractivity contribution < 1.29 is 9.18 Å². The molecule has 26 heavy (non-hydrogen) atoms. The molecule has 0 spiro atoms. The van der Waals surface area contributed by atoms with Crippen molar-refractivity contribution in [2.45, 2.75) is 21.2 Å². The molecule has 3 aromatic rings. The van der Waals surface area contributed by atoms with E-state index in [9.17, 15) is 9.18 Å². The molecular weight excluding hydrogens is 367 g/mol. The predicted octanol–water partition coefficient (Wildman–Crippen LogP) is 5.34. The summed E-state index contributed by atoms with van der Waals surface area (Å²) in [6.45, 7) is 0.620. The van der Waals surface area contributed by atoms with Crippen molar-refractivity contribution in [2.24, 2.45) is 0 Å². The SMILES string of the molecule is O=C1Nc2cc(SNCc3ccc(F)cc3)ccc2Sc2ccccc21. The van der Waals surface area contributed by atoms with E-state index in [1.165, 1.54) is 24.1 Å². The van der Waals surface area contributed by atoms with Crippen LogP contribution in [0, 0.1) is 5.82 Å². The Morgan fingerprint density at radius 2 is 1.81 bits per heavy atom. The number of anilines is 1. The zero-order valence-corrected chi connectivity index (χ0v) is 15.3. The summed E-state index contributed by atoms with van der Waals surface area (Å²) in [5.74, 6) is -0.324. The average molecular weight is 382 g/mol. The first-order chi connectivity index (χ1) is 12.7. The fraction of sp³-hybridized carbons (Fsp3) is 0.0500. The minimum Gasteiger partial charge on any atom is -0.321 e. The first-order valence-electron chi connectivity index (χ1n) is 8.05. The van der Waals surface area contributed by atoms with E-state index in [-0.39, 0.29) is 11.7 Å². The monoisotopic (exact) mass is 382 g/mol. The number of halogens is 1. The van der Waals surface area contributed by atoms with Gasteiger partial charge >= 0.3 is 0 Å². The number of rotatable bonds is 4. The Morgan fingerprint density at radius 3 is 2.65 bits per heavy atom. The molecule has 0 unspecified atom stereocenters. The van der Waals surface area contributed by atoms with Crippen LogP contribution < -0.4 is 10.0 Å². The van der Waals surface area contributed by atoms with Gasteiger partial charge in [-0.05, 0) is 60.0 Å². The van der Waals surface area contributed by atoms with Gasteiger partial charge in [-0.2, -0.15) is 0 Å². The van der Waals surface area contributed by atoms with Crippen LogP contribution in [0.3, 0.4) is 0 Å². The molecule has 0 fully saturated rings. The lowest BCUT2D eigenvalue weighted by molar-refractivity contribution is 0.102. The number of amides is 1. The van der Waals surface area contributed by atoms with E-state index in [2.05, 4.69) is 10.0 Å². The standard InChI is InChI=1S/C20H15FN2OS2/c21-14-7-5-13(6-8-14)12-22-26-15-9-10-19-17(11-15)23-20(24)16-3-1-2-4-18(16)25-19/h1-11,22H,12H2,(H,23,24). The third-order valence-electron chi connectivity index (χ3n) is 3.93. The molecular formula is C20H15FN2OS2. The topological polar surface area (TPSA) is 41.1 Å². The molecule has 2 N–H and O–H groups in total. The molecule has 1 heterocycles. The van der Waals surface area contributed by atoms with E-state index in [1.807, 2.05) is 42.5 Å². The van der Waals surface area contributed by atoms with Crippen molar-refractivity contribution in [1.29, 1.82) is 0 Å². The van der Waals surface area contributed by atoms with Crippen LogP contribution in [0.4, 0.5) is 10.1 Å². The molecule has 0 bridgehead atoms. The van der Waals surface area contributed by atoms with Gasteiger partial charge in [-0.3, -0.25) is 9.52 Å². The quantitative estimate of drug-likeness (QED) is 0.598. The summed E-state index contributed by atoms with van der Waals surface area (Å²) in [6.07, 6.45) is 0. The van der Waals surface area contributed by atoms with E-state index in [0.717, 1.165) is 25.9 Å². The Bertz CT molecular complexity index is 960. The second-order valence-electron chi connectivity index (χ2n) is 5.76. The highest BCUT2D eigenvalue weighted by Gasteiger charge is 2.19. The Hall–Kier alpha value is -2.28. The lowest BCUT2D eigenvalue weighted by atomic mass is 10.2. The van der Waals surface area contributed by atoms with Gasteiger partial charge in [0.25, 0.3) is 5.91 Å². The highest BCUT2D eigenvalue weighted by Crippen LogP contribution is 2.39. The van der Waals surface area contributed by atoms with E-state index in [4.69, 9.17) is 0 Å². The number of carbonyl (C=O) groups excluding carboxylic acids is 1. The highest BCUT2D eigenvalue weighted by molar-refractivity contribution is 7.99. The Kier molecular flexibility index (Phi) is 4.97. The molecule has 0 atom stereocenters. The summed E-state index contributed by atoms with van der Waals surface area (Å²) in [6, 6.07) is 20.0. The largest absolute Gasteiger partial charge is 0.321 e. The van der Waals surface area contributed by atoms with Crippen LogP contribution in [0.2, 0.25) is 0 Å². The minimum atomic E-state index is -0.235. The van der Waals surface area contributed by atoms with Crippen molar-refractivity contribution in [1.82, 2.24) is 4.72 Å². The van der Waals surface area contributed by atoms with Gasteiger partial charge in [0.2, 0.25) is 0 Å². The molecule has 1 amide bonds.